The summed E-state index contributed by atoms with van der Waals surface area (Å²) in [6, 6.07) is 11.7. The molecule has 0 N–H and O–H groups in total. The number of hydrogen-bond donors (Lipinski definition) is 0. The van der Waals surface area contributed by atoms with Crippen LogP contribution in [0.1, 0.15) is 67.4 Å². The summed E-state index contributed by atoms with van der Waals surface area (Å²) < 4.78 is 15.6. The maximum absolute atomic E-state index is 13.5. The molecule has 10 heteroatoms. The Morgan fingerprint density at radius 3 is 2.66 bits per heavy atom. The number of anilines is 2. The third kappa shape index (κ3) is 5.00. The van der Waals surface area contributed by atoms with E-state index in [1.807, 2.05) is 62.2 Å². The predicted octanol–water partition coefficient (Wildman–Crippen LogP) is 5.94. The smallest absolute Gasteiger partial charge is 0.360 e. The highest BCUT2D eigenvalue weighted by atomic mass is 35.5. The molecule has 2 aromatic carbocycles. The Morgan fingerprint density at radius 2 is 2.00 bits per heavy atom. The molecule has 1 aliphatic rings. The molecule has 0 aliphatic carbocycles. The largest absolute Gasteiger partial charge is 0.436 e. The zero-order valence-corrected chi connectivity index (χ0v) is 23.1. The van der Waals surface area contributed by atoms with Crippen LogP contribution in [-0.2, 0) is 16.5 Å². The van der Waals surface area contributed by atoms with Crippen LogP contribution < -0.4 is 4.90 Å². The highest BCUT2D eigenvalue weighted by Crippen LogP contribution is 2.34. The predicted molar refractivity (Wildman–Crippen MR) is 147 cm³/mol. The van der Waals surface area contributed by atoms with Gasteiger partial charge in [-0.2, -0.15) is 0 Å². The van der Waals surface area contributed by atoms with Gasteiger partial charge in [-0.3, -0.25) is 0 Å². The van der Waals surface area contributed by atoms with E-state index in [4.69, 9.17) is 26.1 Å². The van der Waals surface area contributed by atoms with Gasteiger partial charge in [0.1, 0.15) is 11.3 Å². The molecule has 1 saturated heterocycles. The van der Waals surface area contributed by atoms with E-state index in [1.165, 1.54) is 0 Å². The first-order chi connectivity index (χ1) is 18.3. The van der Waals surface area contributed by atoms with E-state index in [1.54, 1.807) is 10.9 Å². The third-order valence-corrected chi connectivity index (χ3v) is 7.23. The van der Waals surface area contributed by atoms with Crippen molar-refractivity contribution in [2.75, 3.05) is 18.1 Å². The minimum absolute atomic E-state index is 0.161. The quantitative estimate of drug-likeness (QED) is 0.203. The summed E-state index contributed by atoms with van der Waals surface area (Å²) in [4.78, 5) is 20.3. The number of aryl methyl sites for hydroxylation is 2. The molecular formula is C28H33ClN6O3. The Labute approximate surface area is 227 Å². The molecule has 0 saturated carbocycles. The summed E-state index contributed by atoms with van der Waals surface area (Å²) in [5.74, 6) is 0.584. The number of imidazole rings is 1. The van der Waals surface area contributed by atoms with Crippen molar-refractivity contribution in [3.63, 3.8) is 0 Å². The monoisotopic (exact) mass is 536 g/mol. The number of rotatable bonds is 8. The Bertz CT molecular complexity index is 1440. The summed E-state index contributed by atoms with van der Waals surface area (Å²) in [5, 5.41) is 9.09. The molecule has 200 valence electrons. The zero-order chi connectivity index (χ0) is 27.0. The lowest BCUT2D eigenvalue weighted by atomic mass is 10.1. The molecule has 2 aromatic heterocycles. The molecule has 1 fully saturated rings. The van der Waals surface area contributed by atoms with Crippen LogP contribution in [0.15, 0.2) is 42.6 Å². The summed E-state index contributed by atoms with van der Waals surface area (Å²) >= 11 is 6.20. The van der Waals surface area contributed by atoms with Crippen LogP contribution >= 0.6 is 11.6 Å². The fourth-order valence-electron chi connectivity index (χ4n) is 4.96. The van der Waals surface area contributed by atoms with Crippen molar-refractivity contribution in [2.45, 2.75) is 58.7 Å². The first kappa shape index (κ1) is 26.2. The van der Waals surface area contributed by atoms with Crippen LogP contribution in [0.25, 0.3) is 11.0 Å². The summed E-state index contributed by atoms with van der Waals surface area (Å²) in [6.45, 7) is 9.48. The van der Waals surface area contributed by atoms with Crippen molar-refractivity contribution >= 4 is 40.0 Å². The van der Waals surface area contributed by atoms with Gasteiger partial charge in [0.15, 0.2) is 11.9 Å². The Morgan fingerprint density at radius 1 is 1.24 bits per heavy atom. The number of fused-ring (bicyclic) bond motifs is 1. The average Bonchev–Trinajstić information content (AvgIpc) is 3.65. The molecule has 1 aliphatic heterocycles. The first-order valence-electron chi connectivity index (χ1n) is 13.0. The normalized spacial score (nSPS) is 16.3. The second-order valence-corrected chi connectivity index (χ2v) is 10.4. The van der Waals surface area contributed by atoms with Gasteiger partial charge in [-0.15, -0.1) is 5.10 Å². The molecule has 5 rings (SSSR count). The molecule has 3 heterocycles. The molecule has 2 atom stereocenters. The molecule has 0 amide bonds. The molecule has 4 aromatic rings. The SMILES string of the molecule is CCC(OC(=O)c1cn(C(C)C)c(C2CCOC2)n1)N(c1ccc(Cl)cc1)c1cc(C)c2nnn(C)c2c1. The van der Waals surface area contributed by atoms with Gasteiger partial charge in [0.25, 0.3) is 0 Å². The lowest BCUT2D eigenvalue weighted by Crippen LogP contribution is -2.35. The highest BCUT2D eigenvalue weighted by molar-refractivity contribution is 6.30. The van der Waals surface area contributed by atoms with Gasteiger partial charge in [0.2, 0.25) is 0 Å². The van der Waals surface area contributed by atoms with E-state index < -0.39 is 12.2 Å². The number of nitrogens with zero attached hydrogens (tertiary/aromatic N) is 6. The minimum Gasteiger partial charge on any atom is -0.436 e. The fraction of sp³-hybridized carbons (Fsp3) is 0.429. The number of hydrogen-bond acceptors (Lipinski definition) is 7. The van der Waals surface area contributed by atoms with Gasteiger partial charge in [0, 0.05) is 54.6 Å². The summed E-state index contributed by atoms with van der Waals surface area (Å²) in [7, 11) is 1.86. The van der Waals surface area contributed by atoms with Gasteiger partial charge < -0.3 is 18.9 Å². The third-order valence-electron chi connectivity index (χ3n) is 6.98. The highest BCUT2D eigenvalue weighted by Gasteiger charge is 2.29. The topological polar surface area (TPSA) is 87.3 Å². The van der Waals surface area contributed by atoms with Crippen molar-refractivity contribution in [3.8, 4) is 0 Å². The lowest BCUT2D eigenvalue weighted by Gasteiger charge is -2.33. The van der Waals surface area contributed by atoms with Gasteiger partial charge in [0.05, 0.1) is 12.1 Å². The summed E-state index contributed by atoms with van der Waals surface area (Å²) in [6.07, 6.45) is 2.65. The van der Waals surface area contributed by atoms with E-state index in [0.717, 1.165) is 40.2 Å². The molecule has 0 spiro atoms. The van der Waals surface area contributed by atoms with E-state index >= 15 is 0 Å². The molecule has 9 nitrogen and oxygen atoms in total. The van der Waals surface area contributed by atoms with Gasteiger partial charge in [-0.25, -0.2) is 14.5 Å². The van der Waals surface area contributed by atoms with Crippen molar-refractivity contribution < 1.29 is 14.3 Å². The van der Waals surface area contributed by atoms with E-state index in [9.17, 15) is 4.79 Å². The number of ether oxygens (including phenoxy) is 2. The van der Waals surface area contributed by atoms with Crippen LogP contribution in [0.3, 0.4) is 0 Å². The molecule has 38 heavy (non-hydrogen) atoms. The van der Waals surface area contributed by atoms with Crippen LogP contribution in [-0.4, -0.2) is 50.0 Å². The molecule has 0 radical (unpaired) electrons. The van der Waals surface area contributed by atoms with Crippen LogP contribution in [0.5, 0.6) is 0 Å². The second kappa shape index (κ2) is 10.7. The standard InChI is InChI=1S/C28H33ClN6O3/c1-6-25(38-28(36)23-15-34(17(2)3)27(30-23)19-11-12-37-16-19)35(21-9-7-20(29)8-10-21)22-13-18(4)26-24(14-22)33(5)32-31-26/h7-10,13-15,17,19,25H,6,11-12,16H2,1-5H3. The van der Waals surface area contributed by atoms with Crippen molar-refractivity contribution in [1.29, 1.82) is 0 Å². The zero-order valence-electron chi connectivity index (χ0n) is 22.4. The molecule has 2 unspecified atom stereocenters. The van der Waals surface area contributed by atoms with Crippen LogP contribution in [0.4, 0.5) is 11.4 Å². The van der Waals surface area contributed by atoms with Gasteiger partial charge in [-0.05, 0) is 69.2 Å². The molecular weight excluding hydrogens is 504 g/mol. The fourth-order valence-corrected chi connectivity index (χ4v) is 5.09. The molecule has 0 bridgehead atoms. The van der Waals surface area contributed by atoms with Crippen molar-refractivity contribution in [3.05, 3.63) is 64.7 Å². The lowest BCUT2D eigenvalue weighted by molar-refractivity contribution is 0.0301. The van der Waals surface area contributed by atoms with Gasteiger partial charge in [-0.1, -0.05) is 23.7 Å². The van der Waals surface area contributed by atoms with Crippen LogP contribution in [0, 0.1) is 6.92 Å². The van der Waals surface area contributed by atoms with E-state index in [-0.39, 0.29) is 12.0 Å². The minimum atomic E-state index is -0.593. The first-order valence-corrected chi connectivity index (χ1v) is 13.4. The number of halogens is 1. The maximum Gasteiger partial charge on any atom is 0.360 e. The number of esters is 1. The van der Waals surface area contributed by atoms with Gasteiger partial charge >= 0.3 is 5.97 Å². The van der Waals surface area contributed by atoms with Crippen LogP contribution in [0.2, 0.25) is 5.02 Å². The number of carbonyl (C=O) groups is 1. The Kier molecular flexibility index (Phi) is 7.40. The van der Waals surface area contributed by atoms with Crippen molar-refractivity contribution in [2.24, 2.45) is 7.05 Å². The maximum atomic E-state index is 13.5. The second-order valence-electron chi connectivity index (χ2n) is 10.0. The Balaban J connectivity index is 1.52. The Hall–Kier alpha value is -3.43. The van der Waals surface area contributed by atoms with Crippen molar-refractivity contribution in [1.82, 2.24) is 24.5 Å². The van der Waals surface area contributed by atoms with E-state index in [0.29, 0.717) is 30.4 Å². The number of benzene rings is 2. The number of aromatic nitrogens is 5. The van der Waals surface area contributed by atoms with E-state index in [2.05, 4.69) is 28.7 Å². The average molecular weight is 537 g/mol. The summed E-state index contributed by atoms with van der Waals surface area (Å²) in [5.41, 5.74) is 4.71. The number of carbonyl (C=O) groups excluding carboxylic acids is 1.